The van der Waals surface area contributed by atoms with Gasteiger partial charge in [-0.25, -0.2) is 4.98 Å². The zero-order chi connectivity index (χ0) is 41.4. The summed E-state index contributed by atoms with van der Waals surface area (Å²) < 4.78 is 7.18. The molecular formula is C57H36N6. The summed E-state index contributed by atoms with van der Waals surface area (Å²) in [5.74, 6) is 1.77. The minimum absolute atomic E-state index is 0.555. The average Bonchev–Trinajstić information content (AvgIpc) is 4.01. The predicted molar refractivity (Wildman–Crippen MR) is 259 cm³/mol. The van der Waals surface area contributed by atoms with Crippen LogP contribution < -0.4 is 0 Å². The maximum atomic E-state index is 5.41. The van der Waals surface area contributed by atoms with Crippen LogP contribution in [-0.2, 0) is 0 Å². The van der Waals surface area contributed by atoms with Crippen LogP contribution in [-0.4, -0.2) is 28.7 Å². The summed E-state index contributed by atoms with van der Waals surface area (Å²) in [5.41, 5.74) is 12.9. The van der Waals surface area contributed by atoms with Gasteiger partial charge in [0.2, 0.25) is 5.95 Å². The van der Waals surface area contributed by atoms with E-state index in [-0.39, 0.29) is 0 Å². The molecule has 13 aromatic rings. The third-order valence-electron chi connectivity index (χ3n) is 12.5. The maximum absolute atomic E-state index is 5.41. The van der Waals surface area contributed by atoms with E-state index in [2.05, 4.69) is 208 Å². The standard InChI is InChI=1S/C57H36N6/c1-4-18-37(19-5-1)38-32-34-40(35-33-38)56-58-55(39-20-6-2-7-21-39)59-57(60-56)63-49-30-16-12-26-44(49)46-36-51(62-47-28-14-10-24-42(47)43-25-11-15-29-48(43)62)54-52(53(46)63)45-27-13-17-31-50(45)61(54)41-22-8-3-9-23-41/h1-36H. The Morgan fingerprint density at radius 3 is 1.29 bits per heavy atom. The minimum atomic E-state index is 0.555. The molecular weight excluding hydrogens is 769 g/mol. The summed E-state index contributed by atoms with van der Waals surface area (Å²) in [7, 11) is 0. The Bertz CT molecular complexity index is 3830. The van der Waals surface area contributed by atoms with Crippen molar-refractivity contribution in [3.8, 4) is 51.2 Å². The molecule has 63 heavy (non-hydrogen) atoms. The Balaban J connectivity index is 1.19. The molecule has 6 heteroatoms. The lowest BCUT2D eigenvalue weighted by atomic mass is 10.0. The van der Waals surface area contributed by atoms with Gasteiger partial charge in [0, 0.05) is 49.1 Å². The zero-order valence-corrected chi connectivity index (χ0v) is 34.0. The molecule has 9 aromatic carbocycles. The fourth-order valence-electron chi connectivity index (χ4n) is 9.74. The first-order valence-electron chi connectivity index (χ1n) is 21.3. The summed E-state index contributed by atoms with van der Waals surface area (Å²) in [5, 5.41) is 6.92. The zero-order valence-electron chi connectivity index (χ0n) is 34.0. The van der Waals surface area contributed by atoms with Crippen molar-refractivity contribution in [3.05, 3.63) is 218 Å². The van der Waals surface area contributed by atoms with Gasteiger partial charge in [-0.05, 0) is 53.6 Å². The molecule has 6 nitrogen and oxygen atoms in total. The van der Waals surface area contributed by atoms with Crippen LogP contribution in [0.5, 0.6) is 0 Å². The summed E-state index contributed by atoms with van der Waals surface area (Å²) in [4.78, 5) is 15.9. The first-order chi connectivity index (χ1) is 31.3. The second-order valence-electron chi connectivity index (χ2n) is 16.0. The van der Waals surface area contributed by atoms with Crippen molar-refractivity contribution in [2.24, 2.45) is 0 Å². The second kappa shape index (κ2) is 14.0. The number of hydrogen-bond donors (Lipinski definition) is 0. The lowest BCUT2D eigenvalue weighted by Gasteiger charge is -2.16. The van der Waals surface area contributed by atoms with Crippen molar-refractivity contribution in [1.29, 1.82) is 0 Å². The highest BCUT2D eigenvalue weighted by Gasteiger charge is 2.27. The molecule has 0 aliphatic heterocycles. The largest absolute Gasteiger partial charge is 0.307 e. The quantitative estimate of drug-likeness (QED) is 0.168. The van der Waals surface area contributed by atoms with Crippen molar-refractivity contribution in [3.63, 3.8) is 0 Å². The van der Waals surface area contributed by atoms with Crippen LogP contribution in [0.3, 0.4) is 0 Å². The van der Waals surface area contributed by atoms with E-state index in [1.54, 1.807) is 0 Å². The first-order valence-corrected chi connectivity index (χ1v) is 21.3. The fraction of sp³-hybridized carbons (Fsp3) is 0. The Morgan fingerprint density at radius 1 is 0.286 bits per heavy atom. The molecule has 0 spiro atoms. The van der Waals surface area contributed by atoms with Crippen molar-refractivity contribution in [2.45, 2.75) is 0 Å². The van der Waals surface area contributed by atoms with Crippen LogP contribution in [0.4, 0.5) is 0 Å². The van der Waals surface area contributed by atoms with Gasteiger partial charge in [-0.15, -0.1) is 0 Å². The normalized spacial score (nSPS) is 11.8. The van der Waals surface area contributed by atoms with E-state index in [4.69, 9.17) is 15.0 Å². The minimum Gasteiger partial charge on any atom is -0.307 e. The third kappa shape index (κ3) is 5.41. The highest BCUT2D eigenvalue weighted by atomic mass is 15.2. The molecule has 0 radical (unpaired) electrons. The molecule has 0 amide bonds. The molecule has 13 rings (SSSR count). The molecule has 0 bridgehead atoms. The van der Waals surface area contributed by atoms with Gasteiger partial charge >= 0.3 is 0 Å². The van der Waals surface area contributed by atoms with Gasteiger partial charge in [0.15, 0.2) is 11.6 Å². The van der Waals surface area contributed by atoms with E-state index < -0.39 is 0 Å². The van der Waals surface area contributed by atoms with Crippen molar-refractivity contribution < 1.29 is 0 Å². The van der Waals surface area contributed by atoms with Gasteiger partial charge in [0.25, 0.3) is 0 Å². The third-order valence-corrected chi connectivity index (χ3v) is 12.5. The Kier molecular flexibility index (Phi) is 7.80. The number of fused-ring (bicyclic) bond motifs is 10. The predicted octanol–water partition coefficient (Wildman–Crippen LogP) is 14.2. The van der Waals surface area contributed by atoms with Gasteiger partial charge in [-0.3, -0.25) is 4.57 Å². The van der Waals surface area contributed by atoms with E-state index in [9.17, 15) is 0 Å². The SMILES string of the molecule is c1ccc(-c2ccc(-c3nc(-c4ccccc4)nc(-n4c5ccccc5c5cc(-n6c7ccccc7c7ccccc76)c6c(c7ccccc7n6-c6ccccc6)c54)n3)cc2)cc1. The topological polar surface area (TPSA) is 53.5 Å². The van der Waals surface area contributed by atoms with Gasteiger partial charge < -0.3 is 9.13 Å². The van der Waals surface area contributed by atoms with Crippen LogP contribution in [0.15, 0.2) is 218 Å². The maximum Gasteiger partial charge on any atom is 0.238 e. The highest BCUT2D eigenvalue weighted by Crippen LogP contribution is 2.46. The Labute approximate surface area is 362 Å². The van der Waals surface area contributed by atoms with Crippen LogP contribution in [0.2, 0.25) is 0 Å². The van der Waals surface area contributed by atoms with E-state index >= 15 is 0 Å². The number of aromatic nitrogens is 6. The number of benzene rings is 9. The molecule has 0 saturated carbocycles. The van der Waals surface area contributed by atoms with Crippen molar-refractivity contribution in [2.75, 3.05) is 0 Å². The average molecular weight is 805 g/mol. The molecule has 0 saturated heterocycles. The monoisotopic (exact) mass is 804 g/mol. The number of para-hydroxylation sites is 5. The number of nitrogens with zero attached hydrogens (tertiary/aromatic N) is 6. The van der Waals surface area contributed by atoms with E-state index in [1.807, 2.05) is 24.3 Å². The number of hydrogen-bond acceptors (Lipinski definition) is 3. The Hall–Kier alpha value is -8.61. The summed E-state index contributed by atoms with van der Waals surface area (Å²) in [6.45, 7) is 0. The van der Waals surface area contributed by atoms with Gasteiger partial charge in [0.1, 0.15) is 0 Å². The summed E-state index contributed by atoms with van der Waals surface area (Å²) in [6, 6.07) is 77.3. The molecule has 0 N–H and O–H groups in total. The summed E-state index contributed by atoms with van der Waals surface area (Å²) in [6.07, 6.45) is 0. The van der Waals surface area contributed by atoms with Gasteiger partial charge in [-0.2, -0.15) is 9.97 Å². The molecule has 0 unspecified atom stereocenters. The second-order valence-corrected chi connectivity index (χ2v) is 16.0. The fourth-order valence-corrected chi connectivity index (χ4v) is 9.74. The molecule has 294 valence electrons. The lowest BCUT2D eigenvalue weighted by molar-refractivity contribution is 0.955. The van der Waals surface area contributed by atoms with Crippen molar-refractivity contribution in [1.82, 2.24) is 28.7 Å². The first kappa shape index (κ1) is 35.2. The van der Waals surface area contributed by atoms with Crippen LogP contribution >= 0.6 is 0 Å². The smallest absolute Gasteiger partial charge is 0.238 e. The van der Waals surface area contributed by atoms with Crippen LogP contribution in [0, 0.1) is 0 Å². The molecule has 0 aliphatic rings. The number of rotatable bonds is 6. The van der Waals surface area contributed by atoms with E-state index in [1.165, 1.54) is 10.8 Å². The summed E-state index contributed by atoms with van der Waals surface area (Å²) >= 11 is 0. The Morgan fingerprint density at radius 2 is 0.698 bits per heavy atom. The molecule has 0 atom stereocenters. The van der Waals surface area contributed by atoms with E-state index in [0.29, 0.717) is 17.6 Å². The highest BCUT2D eigenvalue weighted by molar-refractivity contribution is 6.28. The molecule has 4 aromatic heterocycles. The van der Waals surface area contributed by atoms with E-state index in [0.717, 1.165) is 88.3 Å². The van der Waals surface area contributed by atoms with Gasteiger partial charge in [0.05, 0.1) is 38.8 Å². The van der Waals surface area contributed by atoms with Crippen molar-refractivity contribution >= 4 is 65.4 Å². The van der Waals surface area contributed by atoms with Gasteiger partial charge in [-0.1, -0.05) is 176 Å². The molecule has 4 heterocycles. The molecule has 0 aliphatic carbocycles. The van der Waals surface area contributed by atoms with Crippen LogP contribution in [0.1, 0.15) is 0 Å². The molecule has 0 fully saturated rings. The van der Waals surface area contributed by atoms with Crippen LogP contribution in [0.25, 0.3) is 117 Å². The lowest BCUT2D eigenvalue weighted by Crippen LogP contribution is -2.07.